The second-order valence-electron chi connectivity index (χ2n) is 8.11. The number of carbonyl (C=O) groups excluding carboxylic acids is 1. The van der Waals surface area contributed by atoms with E-state index in [-0.39, 0.29) is 16.3 Å². The Bertz CT molecular complexity index is 1220. The smallest absolute Gasteiger partial charge is 0.243 e. The highest BCUT2D eigenvalue weighted by atomic mass is 32.2. The fraction of sp³-hybridized carbons (Fsp3) is 0.409. The van der Waals surface area contributed by atoms with Gasteiger partial charge >= 0.3 is 0 Å². The predicted octanol–water partition coefficient (Wildman–Crippen LogP) is 2.79. The second-order valence-corrected chi connectivity index (χ2v) is 12.1. The Kier molecular flexibility index (Phi) is 7.78. The molecule has 0 radical (unpaired) electrons. The Balaban J connectivity index is 1.94. The molecule has 180 valence electrons. The van der Waals surface area contributed by atoms with Crippen molar-refractivity contribution in [3.8, 4) is 11.5 Å². The van der Waals surface area contributed by atoms with E-state index in [2.05, 4.69) is 5.32 Å². The van der Waals surface area contributed by atoms with Crippen LogP contribution in [0.15, 0.2) is 47.4 Å². The summed E-state index contributed by atoms with van der Waals surface area (Å²) in [5.41, 5.74) is 1.11. The number of rotatable bonds is 8. The molecule has 2 aromatic carbocycles. The second kappa shape index (κ2) is 10.2. The van der Waals surface area contributed by atoms with Crippen LogP contribution in [0.4, 0.5) is 5.69 Å². The minimum Gasteiger partial charge on any atom is -0.455 e. The number of benzene rings is 2. The molecule has 0 saturated carbocycles. The van der Waals surface area contributed by atoms with Gasteiger partial charge in [-0.25, -0.2) is 16.8 Å². The molecule has 1 amide bonds. The van der Waals surface area contributed by atoms with Crippen molar-refractivity contribution in [2.75, 3.05) is 38.3 Å². The molecule has 1 heterocycles. The molecule has 0 bridgehead atoms. The van der Waals surface area contributed by atoms with E-state index in [1.54, 1.807) is 12.1 Å². The molecule has 0 aromatic heterocycles. The molecule has 11 heteroatoms. The van der Waals surface area contributed by atoms with Gasteiger partial charge in [0.25, 0.3) is 0 Å². The van der Waals surface area contributed by atoms with Gasteiger partial charge in [0, 0.05) is 20.1 Å². The fourth-order valence-electron chi connectivity index (χ4n) is 3.43. The van der Waals surface area contributed by atoms with Gasteiger partial charge in [-0.05, 0) is 55.7 Å². The van der Waals surface area contributed by atoms with Gasteiger partial charge in [0.1, 0.15) is 5.75 Å². The van der Waals surface area contributed by atoms with Crippen LogP contribution in [0.25, 0.3) is 0 Å². The Morgan fingerprint density at radius 3 is 2.39 bits per heavy atom. The van der Waals surface area contributed by atoms with E-state index >= 15 is 0 Å². The summed E-state index contributed by atoms with van der Waals surface area (Å²) in [6, 6.07) is 11.6. The fourth-order valence-corrected chi connectivity index (χ4v) is 5.32. The summed E-state index contributed by atoms with van der Waals surface area (Å²) in [6.45, 7) is 2.38. The number of amides is 1. The largest absolute Gasteiger partial charge is 0.455 e. The minimum atomic E-state index is -3.74. The van der Waals surface area contributed by atoms with Crippen molar-refractivity contribution in [2.45, 2.75) is 31.1 Å². The van der Waals surface area contributed by atoms with Crippen LogP contribution in [0.3, 0.4) is 0 Å². The number of hydrogen-bond acceptors (Lipinski definition) is 6. The molecule has 0 spiro atoms. The van der Waals surface area contributed by atoms with Crippen LogP contribution < -0.4 is 10.1 Å². The van der Waals surface area contributed by atoms with E-state index in [0.29, 0.717) is 18.8 Å². The van der Waals surface area contributed by atoms with E-state index < -0.39 is 32.5 Å². The Labute approximate surface area is 195 Å². The number of ether oxygens (including phenoxy) is 1. The molecule has 1 aliphatic heterocycles. The maximum absolute atomic E-state index is 13.1. The van der Waals surface area contributed by atoms with Gasteiger partial charge in [-0.3, -0.25) is 4.79 Å². The average Bonchev–Trinajstić information content (AvgIpc) is 2.75. The van der Waals surface area contributed by atoms with Gasteiger partial charge in [0.2, 0.25) is 26.0 Å². The first kappa shape index (κ1) is 25.2. The van der Waals surface area contributed by atoms with Crippen LogP contribution in [0.2, 0.25) is 0 Å². The number of nitrogens with one attached hydrogen (secondary N) is 1. The number of anilines is 1. The van der Waals surface area contributed by atoms with Crippen molar-refractivity contribution in [3.63, 3.8) is 0 Å². The number of hydrogen-bond donors (Lipinski definition) is 1. The van der Waals surface area contributed by atoms with Gasteiger partial charge in [0.05, 0.1) is 23.4 Å². The standard InChI is InChI=1S/C22H29N3O6S2/c1-17-8-7-9-18(14-17)31-21-11-10-19(33(29,30)25-12-5-4-6-13-25)15-20(21)23-22(26)16-24(2)32(3,27)28/h7-11,14-15H,4-6,12-13,16H2,1-3H3,(H,23,26). The molecular formula is C22H29N3O6S2. The lowest BCUT2D eigenvalue weighted by Crippen LogP contribution is -2.36. The topological polar surface area (TPSA) is 113 Å². The monoisotopic (exact) mass is 495 g/mol. The van der Waals surface area contributed by atoms with E-state index in [1.807, 2.05) is 19.1 Å². The molecule has 3 rings (SSSR count). The molecular weight excluding hydrogens is 466 g/mol. The zero-order valence-electron chi connectivity index (χ0n) is 18.9. The molecule has 1 fully saturated rings. The van der Waals surface area contributed by atoms with E-state index in [1.165, 1.54) is 29.6 Å². The van der Waals surface area contributed by atoms with Gasteiger partial charge in [0.15, 0.2) is 5.75 Å². The third-order valence-electron chi connectivity index (χ3n) is 5.33. The van der Waals surface area contributed by atoms with Crippen LogP contribution >= 0.6 is 0 Å². The molecule has 0 atom stereocenters. The van der Waals surface area contributed by atoms with Crippen molar-refractivity contribution < 1.29 is 26.4 Å². The van der Waals surface area contributed by atoms with Gasteiger partial charge < -0.3 is 10.1 Å². The Morgan fingerprint density at radius 2 is 1.76 bits per heavy atom. The van der Waals surface area contributed by atoms with Crippen molar-refractivity contribution in [1.82, 2.24) is 8.61 Å². The highest BCUT2D eigenvalue weighted by Gasteiger charge is 2.27. The SMILES string of the molecule is Cc1cccc(Oc2ccc(S(=O)(=O)N3CCCCC3)cc2NC(=O)CN(C)S(C)(=O)=O)c1. The van der Waals surface area contributed by atoms with Gasteiger partial charge in [-0.15, -0.1) is 0 Å². The predicted molar refractivity (Wildman–Crippen MR) is 126 cm³/mol. The molecule has 1 N–H and O–H groups in total. The van der Waals surface area contributed by atoms with E-state index in [9.17, 15) is 21.6 Å². The summed E-state index contributed by atoms with van der Waals surface area (Å²) in [6.07, 6.45) is 3.59. The summed E-state index contributed by atoms with van der Waals surface area (Å²) in [4.78, 5) is 12.6. The third kappa shape index (κ3) is 6.53. The van der Waals surface area contributed by atoms with Crippen molar-refractivity contribution in [3.05, 3.63) is 48.0 Å². The number of likely N-dealkylation sites (N-methyl/N-ethyl adjacent to an activating group) is 1. The number of aryl methyl sites for hydroxylation is 1. The van der Waals surface area contributed by atoms with Crippen molar-refractivity contribution >= 4 is 31.6 Å². The number of nitrogens with zero attached hydrogens (tertiary/aromatic N) is 2. The highest BCUT2D eigenvalue weighted by molar-refractivity contribution is 7.89. The lowest BCUT2D eigenvalue weighted by molar-refractivity contribution is -0.116. The van der Waals surface area contributed by atoms with Crippen LogP contribution in [0.5, 0.6) is 11.5 Å². The third-order valence-corrected chi connectivity index (χ3v) is 8.48. The van der Waals surface area contributed by atoms with Crippen LogP contribution in [-0.4, -0.2) is 64.3 Å². The quantitative estimate of drug-likeness (QED) is 0.603. The van der Waals surface area contributed by atoms with E-state index in [0.717, 1.165) is 35.4 Å². The molecule has 2 aromatic rings. The highest BCUT2D eigenvalue weighted by Crippen LogP contribution is 2.33. The summed E-state index contributed by atoms with van der Waals surface area (Å²) in [7, 11) is -6.02. The first-order valence-corrected chi connectivity index (χ1v) is 13.9. The summed E-state index contributed by atoms with van der Waals surface area (Å²) < 4.78 is 57.8. The summed E-state index contributed by atoms with van der Waals surface area (Å²) in [5.74, 6) is 0.142. The number of piperidine rings is 1. The summed E-state index contributed by atoms with van der Waals surface area (Å²) >= 11 is 0. The maximum atomic E-state index is 13.1. The number of carbonyl (C=O) groups is 1. The minimum absolute atomic E-state index is 0.0350. The van der Waals surface area contributed by atoms with Crippen LogP contribution in [0, 0.1) is 6.92 Å². The van der Waals surface area contributed by atoms with Crippen LogP contribution in [-0.2, 0) is 24.8 Å². The van der Waals surface area contributed by atoms with Gasteiger partial charge in [-0.2, -0.15) is 8.61 Å². The molecule has 1 saturated heterocycles. The molecule has 0 aliphatic carbocycles. The van der Waals surface area contributed by atoms with Crippen molar-refractivity contribution in [2.24, 2.45) is 0 Å². The number of sulfonamides is 2. The van der Waals surface area contributed by atoms with Crippen molar-refractivity contribution in [1.29, 1.82) is 0 Å². The van der Waals surface area contributed by atoms with E-state index in [4.69, 9.17) is 4.74 Å². The van der Waals surface area contributed by atoms with Crippen LogP contribution in [0.1, 0.15) is 24.8 Å². The molecule has 0 unspecified atom stereocenters. The first-order chi connectivity index (χ1) is 15.5. The average molecular weight is 496 g/mol. The maximum Gasteiger partial charge on any atom is 0.243 e. The lowest BCUT2D eigenvalue weighted by Gasteiger charge is -2.26. The zero-order chi connectivity index (χ0) is 24.2. The molecule has 33 heavy (non-hydrogen) atoms. The molecule has 1 aliphatic rings. The Morgan fingerprint density at radius 1 is 1.06 bits per heavy atom. The summed E-state index contributed by atoms with van der Waals surface area (Å²) in [5, 5.41) is 2.61. The first-order valence-electron chi connectivity index (χ1n) is 10.6. The van der Waals surface area contributed by atoms with Gasteiger partial charge in [-0.1, -0.05) is 18.6 Å². The normalized spacial score (nSPS) is 15.4. The lowest BCUT2D eigenvalue weighted by atomic mass is 10.2. The molecule has 9 nitrogen and oxygen atoms in total. The Hall–Kier alpha value is -2.47. The zero-order valence-corrected chi connectivity index (χ0v) is 20.6.